The van der Waals surface area contributed by atoms with Gasteiger partial charge in [-0.2, -0.15) is 15.3 Å². The van der Waals surface area contributed by atoms with Crippen LogP contribution in [0, 0.1) is 18.3 Å². The molecule has 0 unspecified atom stereocenters. The number of hydrogen-bond donors (Lipinski definition) is 0. The minimum atomic E-state index is -0.347. The topological polar surface area (TPSA) is 62.9 Å². The molecule has 0 atom stereocenters. The van der Waals surface area contributed by atoms with E-state index in [0.717, 1.165) is 38.9 Å². The molecule has 6 heteroatoms. The van der Waals surface area contributed by atoms with Crippen LogP contribution in [0.4, 0.5) is 0 Å². The van der Waals surface area contributed by atoms with Gasteiger partial charge in [-0.3, -0.25) is 9.48 Å². The van der Waals surface area contributed by atoms with Crippen LogP contribution in [0.15, 0.2) is 28.7 Å². The Morgan fingerprint density at radius 3 is 2.70 bits per heavy atom. The molecule has 1 amide bonds. The molecular weight excluding hydrogens is 290 g/mol. The average Bonchev–Trinajstić information content (AvgIpc) is 3.17. The van der Waals surface area contributed by atoms with Crippen molar-refractivity contribution in [2.45, 2.75) is 50.7 Å². The first-order valence-electron chi connectivity index (χ1n) is 8.33. The highest BCUT2D eigenvalue weighted by Crippen LogP contribution is 2.37. The fourth-order valence-corrected chi connectivity index (χ4v) is 3.17. The molecule has 0 radical (unpaired) electrons. The summed E-state index contributed by atoms with van der Waals surface area (Å²) in [5.41, 5.74) is -0.347. The van der Waals surface area contributed by atoms with Crippen molar-refractivity contribution in [1.82, 2.24) is 14.7 Å². The maximum atomic E-state index is 12.4. The molecule has 0 N–H and O–H groups in total. The molecule has 0 spiro atoms. The molecule has 1 fully saturated rings. The summed E-state index contributed by atoms with van der Waals surface area (Å²) in [4.78, 5) is 14.3. The van der Waals surface area contributed by atoms with Gasteiger partial charge in [0.15, 0.2) is 5.66 Å². The number of amides is 1. The van der Waals surface area contributed by atoms with E-state index in [-0.39, 0.29) is 11.6 Å². The molecule has 0 aromatic carbocycles. The van der Waals surface area contributed by atoms with Crippen molar-refractivity contribution in [3.8, 4) is 12.3 Å². The maximum Gasteiger partial charge on any atom is 0.222 e. The standard InChI is InChI=1S/C17H23N5O/c1-2-3-8-17(19-20-17)9-5-16(23)21-12-6-15(7-13-21)14-22-11-4-10-18-22/h1,4,10-11,15H,3,5-9,12-14H2. The highest BCUT2D eigenvalue weighted by atomic mass is 16.2. The summed E-state index contributed by atoms with van der Waals surface area (Å²) < 4.78 is 1.98. The highest BCUT2D eigenvalue weighted by Gasteiger charge is 2.39. The third-order valence-corrected chi connectivity index (χ3v) is 4.76. The largest absolute Gasteiger partial charge is 0.343 e. The number of nitrogens with zero attached hydrogens (tertiary/aromatic N) is 5. The van der Waals surface area contributed by atoms with Crippen LogP contribution in [0.2, 0.25) is 0 Å². The van der Waals surface area contributed by atoms with Crippen molar-refractivity contribution in [3.05, 3.63) is 18.5 Å². The third kappa shape index (κ3) is 4.19. The predicted molar refractivity (Wildman–Crippen MR) is 86.4 cm³/mol. The number of carbonyl (C=O) groups is 1. The number of piperidine rings is 1. The first kappa shape index (κ1) is 15.7. The van der Waals surface area contributed by atoms with Crippen molar-refractivity contribution in [1.29, 1.82) is 0 Å². The highest BCUT2D eigenvalue weighted by molar-refractivity contribution is 5.76. The second-order valence-electron chi connectivity index (χ2n) is 6.44. The quantitative estimate of drug-likeness (QED) is 0.726. The fraction of sp³-hybridized carbons (Fsp3) is 0.647. The van der Waals surface area contributed by atoms with Gasteiger partial charge in [-0.05, 0) is 24.8 Å². The number of likely N-dealkylation sites (tertiary alicyclic amines) is 1. The van der Waals surface area contributed by atoms with E-state index in [1.165, 1.54) is 0 Å². The summed E-state index contributed by atoms with van der Waals surface area (Å²) in [6, 6.07) is 1.95. The molecule has 0 saturated carbocycles. The summed E-state index contributed by atoms with van der Waals surface area (Å²) in [5.74, 6) is 3.44. The van der Waals surface area contributed by atoms with Gasteiger partial charge in [0.05, 0.1) is 0 Å². The Kier molecular flexibility index (Phi) is 4.75. The molecule has 23 heavy (non-hydrogen) atoms. The summed E-state index contributed by atoms with van der Waals surface area (Å²) >= 11 is 0. The van der Waals surface area contributed by atoms with E-state index in [1.54, 1.807) is 0 Å². The number of carbonyl (C=O) groups excluding carboxylic acids is 1. The van der Waals surface area contributed by atoms with Gasteiger partial charge >= 0.3 is 0 Å². The van der Waals surface area contributed by atoms with Gasteiger partial charge in [-0.15, -0.1) is 12.3 Å². The summed E-state index contributed by atoms with van der Waals surface area (Å²) in [5, 5.41) is 12.4. The fourth-order valence-electron chi connectivity index (χ4n) is 3.17. The molecule has 122 valence electrons. The van der Waals surface area contributed by atoms with Crippen LogP contribution in [0.1, 0.15) is 38.5 Å². The molecular formula is C17H23N5O. The van der Waals surface area contributed by atoms with Crippen molar-refractivity contribution in [2.75, 3.05) is 13.1 Å². The minimum absolute atomic E-state index is 0.222. The van der Waals surface area contributed by atoms with Gasteiger partial charge in [0.1, 0.15) is 0 Å². The molecule has 1 saturated heterocycles. The number of hydrogen-bond acceptors (Lipinski definition) is 4. The van der Waals surface area contributed by atoms with Crippen molar-refractivity contribution >= 4 is 5.91 Å². The Morgan fingerprint density at radius 1 is 1.30 bits per heavy atom. The zero-order chi connectivity index (χ0) is 16.1. The van der Waals surface area contributed by atoms with E-state index in [9.17, 15) is 4.79 Å². The first-order valence-corrected chi connectivity index (χ1v) is 8.33. The average molecular weight is 313 g/mol. The van der Waals surface area contributed by atoms with Gasteiger partial charge in [-0.1, -0.05) is 0 Å². The number of aromatic nitrogens is 2. The van der Waals surface area contributed by atoms with Crippen LogP contribution in [-0.4, -0.2) is 39.3 Å². The molecule has 2 aliphatic rings. The molecule has 0 bridgehead atoms. The van der Waals surface area contributed by atoms with Gasteiger partial charge in [-0.25, -0.2) is 0 Å². The van der Waals surface area contributed by atoms with Crippen LogP contribution in [-0.2, 0) is 11.3 Å². The van der Waals surface area contributed by atoms with E-state index in [2.05, 4.69) is 21.2 Å². The monoisotopic (exact) mass is 313 g/mol. The van der Waals surface area contributed by atoms with Crippen LogP contribution < -0.4 is 0 Å². The van der Waals surface area contributed by atoms with Gasteiger partial charge in [0, 0.05) is 57.7 Å². The van der Waals surface area contributed by atoms with E-state index in [0.29, 0.717) is 25.2 Å². The normalized spacial score (nSPS) is 19.5. The molecule has 3 heterocycles. The lowest BCUT2D eigenvalue weighted by molar-refractivity contribution is -0.132. The van der Waals surface area contributed by atoms with E-state index >= 15 is 0 Å². The van der Waals surface area contributed by atoms with Crippen molar-refractivity contribution < 1.29 is 4.79 Å². The SMILES string of the molecule is C#CCCC1(CCC(=O)N2CCC(Cn3cccn3)CC2)N=N1. The molecule has 2 aliphatic heterocycles. The van der Waals surface area contributed by atoms with Gasteiger partial charge < -0.3 is 4.90 Å². The second-order valence-corrected chi connectivity index (χ2v) is 6.44. The predicted octanol–water partition coefficient (Wildman–Crippen LogP) is 2.48. The molecule has 1 aromatic rings. The van der Waals surface area contributed by atoms with Crippen LogP contribution >= 0.6 is 0 Å². The third-order valence-electron chi connectivity index (χ3n) is 4.76. The Morgan fingerprint density at radius 2 is 2.09 bits per heavy atom. The van der Waals surface area contributed by atoms with Crippen LogP contribution in [0.5, 0.6) is 0 Å². The molecule has 3 rings (SSSR count). The summed E-state index contributed by atoms with van der Waals surface area (Å²) in [7, 11) is 0. The number of terminal acetylenes is 1. The van der Waals surface area contributed by atoms with Crippen molar-refractivity contribution in [3.63, 3.8) is 0 Å². The van der Waals surface area contributed by atoms with E-state index < -0.39 is 0 Å². The van der Waals surface area contributed by atoms with Crippen LogP contribution in [0.3, 0.4) is 0 Å². The second kappa shape index (κ2) is 6.95. The van der Waals surface area contributed by atoms with E-state index in [1.807, 2.05) is 28.0 Å². The van der Waals surface area contributed by atoms with Crippen LogP contribution in [0.25, 0.3) is 0 Å². The lowest BCUT2D eigenvalue weighted by Crippen LogP contribution is -2.39. The zero-order valence-electron chi connectivity index (χ0n) is 13.4. The Labute approximate surface area is 137 Å². The Balaban J connectivity index is 1.38. The van der Waals surface area contributed by atoms with E-state index in [4.69, 9.17) is 6.42 Å². The molecule has 6 nitrogen and oxygen atoms in total. The van der Waals surface area contributed by atoms with Gasteiger partial charge in [0.2, 0.25) is 5.91 Å². The lowest BCUT2D eigenvalue weighted by atomic mass is 9.96. The minimum Gasteiger partial charge on any atom is -0.343 e. The summed E-state index contributed by atoms with van der Waals surface area (Å²) in [6.45, 7) is 2.63. The smallest absolute Gasteiger partial charge is 0.222 e. The number of rotatable bonds is 7. The first-order chi connectivity index (χ1) is 11.2. The Hall–Kier alpha value is -2.16. The van der Waals surface area contributed by atoms with Gasteiger partial charge in [0.25, 0.3) is 0 Å². The summed E-state index contributed by atoms with van der Waals surface area (Å²) in [6.07, 6.45) is 13.8. The Bertz CT molecular complexity index is 587. The molecule has 0 aliphatic carbocycles. The van der Waals surface area contributed by atoms with Crippen molar-refractivity contribution in [2.24, 2.45) is 16.1 Å². The maximum absolute atomic E-state index is 12.4. The lowest BCUT2D eigenvalue weighted by Gasteiger charge is -2.32. The molecule has 1 aromatic heterocycles. The zero-order valence-corrected chi connectivity index (χ0v) is 13.4.